The topological polar surface area (TPSA) is 39.1 Å². The molecule has 1 aromatic rings. The first-order chi connectivity index (χ1) is 7.74. The maximum Gasteiger partial charge on any atom is 0.128 e. The Morgan fingerprint density at radius 1 is 1.62 bits per heavy atom. The summed E-state index contributed by atoms with van der Waals surface area (Å²) in [6.45, 7) is 0.764. The molecule has 3 heterocycles. The molecule has 88 valence electrons. The van der Waals surface area contributed by atoms with E-state index in [4.69, 9.17) is 16.3 Å². The molecule has 0 aromatic carbocycles. The van der Waals surface area contributed by atoms with Gasteiger partial charge in [-0.3, -0.25) is 0 Å². The summed E-state index contributed by atoms with van der Waals surface area (Å²) in [5.41, 5.74) is 0. The van der Waals surface area contributed by atoms with Crippen LogP contribution in [0.5, 0.6) is 0 Å². The van der Waals surface area contributed by atoms with Crippen LogP contribution in [0.25, 0.3) is 0 Å². The zero-order valence-electron chi connectivity index (χ0n) is 9.32. The molecular weight excluding hydrogens is 226 g/mol. The Kier molecular flexibility index (Phi) is 2.65. The van der Waals surface area contributed by atoms with Crippen molar-refractivity contribution in [1.29, 1.82) is 0 Å². The molecule has 5 heteroatoms. The van der Waals surface area contributed by atoms with Gasteiger partial charge in [-0.15, -0.1) is 0 Å². The molecular formula is C11H16ClN3O. The summed E-state index contributed by atoms with van der Waals surface area (Å²) in [7, 11) is 1.93. The first-order valence-electron chi connectivity index (χ1n) is 5.79. The van der Waals surface area contributed by atoms with Gasteiger partial charge in [0.25, 0.3) is 0 Å². The summed E-state index contributed by atoms with van der Waals surface area (Å²) < 4.78 is 7.70. The minimum absolute atomic E-state index is 0.417. The molecule has 0 aliphatic carbocycles. The van der Waals surface area contributed by atoms with Crippen LogP contribution in [0.1, 0.15) is 25.1 Å². The van der Waals surface area contributed by atoms with Gasteiger partial charge in [0, 0.05) is 13.1 Å². The summed E-state index contributed by atoms with van der Waals surface area (Å²) in [6, 6.07) is 0.495. The van der Waals surface area contributed by atoms with E-state index < -0.39 is 0 Å². The molecule has 2 saturated heterocycles. The number of imidazole rings is 1. The molecule has 2 aliphatic rings. The van der Waals surface area contributed by atoms with Gasteiger partial charge in [0.05, 0.1) is 24.9 Å². The third-order valence-corrected chi connectivity index (χ3v) is 4.01. The fraction of sp³-hybridized carbons (Fsp3) is 0.727. The van der Waals surface area contributed by atoms with Crippen molar-refractivity contribution >= 4 is 11.6 Å². The lowest BCUT2D eigenvalue weighted by Crippen LogP contribution is -2.37. The molecule has 2 aliphatic heterocycles. The third-order valence-electron chi connectivity index (χ3n) is 3.66. The van der Waals surface area contributed by atoms with E-state index in [1.54, 1.807) is 6.20 Å². The molecule has 0 amide bonds. The Hall–Kier alpha value is -0.580. The minimum atomic E-state index is 0.417. The van der Waals surface area contributed by atoms with Gasteiger partial charge in [-0.25, -0.2) is 4.98 Å². The minimum Gasteiger partial charge on any atom is -0.373 e. The number of aromatic nitrogens is 2. The smallest absolute Gasteiger partial charge is 0.128 e. The highest BCUT2D eigenvalue weighted by Gasteiger charge is 2.40. The lowest BCUT2D eigenvalue weighted by atomic mass is 9.95. The van der Waals surface area contributed by atoms with Gasteiger partial charge in [-0.05, 0) is 19.3 Å². The molecule has 16 heavy (non-hydrogen) atoms. The third kappa shape index (κ3) is 1.75. The van der Waals surface area contributed by atoms with Crippen molar-refractivity contribution in [1.82, 2.24) is 14.9 Å². The maximum absolute atomic E-state index is 5.94. The lowest BCUT2D eigenvalue weighted by molar-refractivity contribution is 0.0972. The van der Waals surface area contributed by atoms with E-state index in [1.807, 2.05) is 11.6 Å². The molecule has 1 aromatic heterocycles. The number of nitrogens with one attached hydrogen (secondary N) is 1. The van der Waals surface area contributed by atoms with Crippen molar-refractivity contribution in [2.24, 2.45) is 7.05 Å². The number of nitrogens with zero attached hydrogens (tertiary/aromatic N) is 2. The van der Waals surface area contributed by atoms with Gasteiger partial charge < -0.3 is 14.6 Å². The van der Waals surface area contributed by atoms with Crippen molar-refractivity contribution in [2.75, 3.05) is 0 Å². The summed E-state index contributed by atoms with van der Waals surface area (Å²) in [4.78, 5) is 4.27. The average molecular weight is 242 g/mol. The van der Waals surface area contributed by atoms with Crippen LogP contribution in [-0.4, -0.2) is 27.8 Å². The number of hydrogen-bond acceptors (Lipinski definition) is 3. The molecule has 2 bridgehead atoms. The number of ether oxygens (including phenoxy) is 1. The quantitative estimate of drug-likeness (QED) is 0.872. The van der Waals surface area contributed by atoms with Crippen molar-refractivity contribution in [2.45, 2.75) is 44.1 Å². The van der Waals surface area contributed by atoms with Crippen LogP contribution >= 0.6 is 11.6 Å². The van der Waals surface area contributed by atoms with Crippen LogP contribution in [0.15, 0.2) is 6.20 Å². The zero-order valence-corrected chi connectivity index (χ0v) is 10.1. The van der Waals surface area contributed by atoms with Gasteiger partial charge in [-0.1, -0.05) is 11.6 Å². The Morgan fingerprint density at radius 3 is 3.06 bits per heavy atom. The summed E-state index contributed by atoms with van der Waals surface area (Å²) >= 11 is 5.94. The van der Waals surface area contributed by atoms with Crippen molar-refractivity contribution in [3.8, 4) is 0 Å². The largest absolute Gasteiger partial charge is 0.373 e. The molecule has 3 unspecified atom stereocenters. The Balaban J connectivity index is 1.59. The maximum atomic E-state index is 5.94. The predicted octanol–water partition coefficient (Wildman–Crippen LogP) is 1.48. The van der Waals surface area contributed by atoms with E-state index in [-0.39, 0.29) is 0 Å². The molecule has 4 nitrogen and oxygen atoms in total. The van der Waals surface area contributed by atoms with Gasteiger partial charge in [0.1, 0.15) is 11.0 Å². The first kappa shape index (κ1) is 10.6. The Morgan fingerprint density at radius 2 is 2.50 bits per heavy atom. The molecule has 0 radical (unpaired) electrons. The highest BCUT2D eigenvalue weighted by molar-refractivity contribution is 6.29. The average Bonchev–Trinajstić information content (AvgIpc) is 2.95. The van der Waals surface area contributed by atoms with Gasteiger partial charge >= 0.3 is 0 Å². The summed E-state index contributed by atoms with van der Waals surface area (Å²) in [5, 5.41) is 4.20. The molecule has 0 saturated carbocycles. The molecule has 3 rings (SSSR count). The second-order valence-electron chi connectivity index (χ2n) is 4.65. The van der Waals surface area contributed by atoms with Gasteiger partial charge in [0.2, 0.25) is 0 Å². The SMILES string of the molecule is Cn1c(Cl)cnc1CNC1CC2CCC1O2. The normalized spacial score (nSPS) is 32.5. The molecule has 2 fully saturated rings. The number of rotatable bonds is 3. The molecule has 1 N–H and O–H groups in total. The standard InChI is InChI=1S/C11H16ClN3O/c1-15-10(12)5-14-11(15)6-13-8-4-7-2-3-9(8)16-7/h5,7-9,13H,2-4,6H2,1H3. The van der Waals surface area contributed by atoms with E-state index in [1.165, 1.54) is 12.8 Å². The Labute approximate surface area is 99.9 Å². The van der Waals surface area contributed by atoms with E-state index >= 15 is 0 Å². The van der Waals surface area contributed by atoms with Gasteiger partial charge in [0.15, 0.2) is 0 Å². The van der Waals surface area contributed by atoms with Crippen LogP contribution in [0, 0.1) is 0 Å². The summed E-state index contributed by atoms with van der Waals surface area (Å²) in [6.07, 6.45) is 6.17. The number of halogens is 1. The second kappa shape index (κ2) is 4.02. The van der Waals surface area contributed by atoms with Crippen molar-refractivity contribution in [3.05, 3.63) is 17.2 Å². The van der Waals surface area contributed by atoms with E-state index in [2.05, 4.69) is 10.3 Å². The second-order valence-corrected chi connectivity index (χ2v) is 5.04. The fourth-order valence-corrected chi connectivity index (χ4v) is 2.81. The molecule has 3 atom stereocenters. The fourth-order valence-electron chi connectivity index (χ4n) is 2.66. The number of hydrogen-bond donors (Lipinski definition) is 1. The highest BCUT2D eigenvalue weighted by Crippen LogP contribution is 2.34. The van der Waals surface area contributed by atoms with Crippen LogP contribution < -0.4 is 5.32 Å². The van der Waals surface area contributed by atoms with Crippen LogP contribution in [0.3, 0.4) is 0 Å². The van der Waals surface area contributed by atoms with E-state index in [9.17, 15) is 0 Å². The van der Waals surface area contributed by atoms with Crippen LogP contribution in [-0.2, 0) is 18.3 Å². The zero-order chi connectivity index (χ0) is 11.1. The lowest BCUT2D eigenvalue weighted by Gasteiger charge is -2.19. The Bertz CT molecular complexity index is 393. The van der Waals surface area contributed by atoms with Crippen LogP contribution in [0.2, 0.25) is 5.15 Å². The van der Waals surface area contributed by atoms with E-state index in [0.29, 0.717) is 23.4 Å². The van der Waals surface area contributed by atoms with Crippen molar-refractivity contribution < 1.29 is 4.74 Å². The highest BCUT2D eigenvalue weighted by atomic mass is 35.5. The first-order valence-corrected chi connectivity index (χ1v) is 6.17. The van der Waals surface area contributed by atoms with E-state index in [0.717, 1.165) is 18.8 Å². The molecule has 0 spiro atoms. The van der Waals surface area contributed by atoms with Crippen molar-refractivity contribution in [3.63, 3.8) is 0 Å². The number of fused-ring (bicyclic) bond motifs is 2. The predicted molar refractivity (Wildman–Crippen MR) is 61.4 cm³/mol. The summed E-state index contributed by atoms with van der Waals surface area (Å²) in [5.74, 6) is 0.979. The monoisotopic (exact) mass is 241 g/mol. The van der Waals surface area contributed by atoms with Crippen LogP contribution in [0.4, 0.5) is 0 Å². The van der Waals surface area contributed by atoms with Gasteiger partial charge in [-0.2, -0.15) is 0 Å².